The van der Waals surface area contributed by atoms with Crippen molar-refractivity contribution in [1.29, 1.82) is 0 Å². The number of carbonyl (C=O) groups excluding carboxylic acids is 1. The third-order valence-corrected chi connectivity index (χ3v) is 1.30. The fraction of sp³-hybridized carbons (Fsp3) is 0.857. The van der Waals surface area contributed by atoms with Gasteiger partial charge in [0.05, 0.1) is 0 Å². The summed E-state index contributed by atoms with van der Waals surface area (Å²) in [5.74, 6) is -4.20. The molecule has 0 spiro atoms. The zero-order valence-electron chi connectivity index (χ0n) is 7.68. The molecule has 0 bridgehead atoms. The third kappa shape index (κ3) is 4.43. The van der Waals surface area contributed by atoms with Gasteiger partial charge in [-0.2, -0.15) is 13.2 Å². The predicted octanol–water partition coefficient (Wildman–Crippen LogP) is 0.0679. The Labute approximate surface area is 78.6 Å². The first-order chi connectivity index (χ1) is 6.21. The number of hydrogen-bond acceptors (Lipinski definition) is 4. The summed E-state index contributed by atoms with van der Waals surface area (Å²) in [6.45, 7) is 0.496. The van der Waals surface area contributed by atoms with Gasteiger partial charge in [-0.3, -0.25) is 0 Å². The Morgan fingerprint density at radius 2 is 1.86 bits per heavy atom. The maximum atomic E-state index is 11.7. The van der Waals surface area contributed by atoms with Crippen LogP contribution >= 0.6 is 0 Å². The van der Waals surface area contributed by atoms with Gasteiger partial charge in [0.1, 0.15) is 12.6 Å². The van der Waals surface area contributed by atoms with E-state index in [1.165, 1.54) is 6.92 Å². The van der Waals surface area contributed by atoms with Gasteiger partial charge in [0.15, 0.2) is 0 Å². The van der Waals surface area contributed by atoms with Crippen molar-refractivity contribution >= 4 is 5.97 Å². The Bertz CT molecular complexity index is 204. The molecule has 0 saturated heterocycles. The van der Waals surface area contributed by atoms with Crippen LogP contribution in [0.1, 0.15) is 13.8 Å². The van der Waals surface area contributed by atoms with Crippen LogP contribution < -0.4 is 5.11 Å². The summed E-state index contributed by atoms with van der Waals surface area (Å²) >= 11 is 0. The van der Waals surface area contributed by atoms with Gasteiger partial charge in [-0.05, 0) is 13.8 Å². The molecule has 0 aliphatic rings. The smallest absolute Gasteiger partial charge is 0.411 e. The number of halogens is 3. The monoisotopic (exact) mass is 215 g/mol. The Kier molecular flexibility index (Phi) is 4.34. The van der Waals surface area contributed by atoms with Gasteiger partial charge in [-0.25, -0.2) is 0 Å². The number of carboxylic acid groups (broad SMARTS) is 1. The Balaban J connectivity index is 4.31. The highest BCUT2D eigenvalue weighted by Crippen LogP contribution is 2.20. The van der Waals surface area contributed by atoms with Crippen LogP contribution in [0.15, 0.2) is 0 Å². The van der Waals surface area contributed by atoms with Crippen molar-refractivity contribution in [2.45, 2.75) is 25.8 Å². The molecule has 0 fully saturated rings. The quantitative estimate of drug-likeness (QED) is 0.609. The van der Waals surface area contributed by atoms with Gasteiger partial charge in [-0.15, -0.1) is 0 Å². The number of rotatable bonds is 5. The SMILES string of the molecule is CCOC(C)(OCC(F)(F)F)C(=O)[O-]. The van der Waals surface area contributed by atoms with Crippen molar-refractivity contribution in [3.63, 3.8) is 0 Å². The molecular weight excluding hydrogens is 205 g/mol. The number of carbonyl (C=O) groups is 1. The van der Waals surface area contributed by atoms with Crippen LogP contribution in [0.2, 0.25) is 0 Å². The molecule has 7 heteroatoms. The van der Waals surface area contributed by atoms with Gasteiger partial charge in [-0.1, -0.05) is 0 Å². The Morgan fingerprint density at radius 1 is 1.36 bits per heavy atom. The maximum absolute atomic E-state index is 11.7. The van der Waals surface area contributed by atoms with E-state index in [0.717, 1.165) is 6.92 Å². The number of ether oxygens (including phenoxy) is 2. The minimum Gasteiger partial charge on any atom is -0.544 e. The third-order valence-electron chi connectivity index (χ3n) is 1.30. The summed E-state index contributed by atoms with van der Waals surface area (Å²) in [4.78, 5) is 10.4. The standard InChI is InChI=1S/C7H11F3O4/c1-3-13-6(2,5(11)12)14-4-7(8,9)10/h3-4H2,1-2H3,(H,11,12)/p-1. The first kappa shape index (κ1) is 13.2. The Morgan fingerprint density at radius 3 is 2.14 bits per heavy atom. The summed E-state index contributed by atoms with van der Waals surface area (Å²) in [5.41, 5.74) is 0. The average Bonchev–Trinajstić information content (AvgIpc) is 2.00. The van der Waals surface area contributed by atoms with Gasteiger partial charge in [0, 0.05) is 6.61 Å². The second-order valence-electron chi connectivity index (χ2n) is 2.57. The van der Waals surface area contributed by atoms with E-state index in [-0.39, 0.29) is 6.61 Å². The molecule has 1 unspecified atom stereocenters. The zero-order chi connectivity index (χ0) is 11.4. The topological polar surface area (TPSA) is 58.6 Å². The van der Waals surface area contributed by atoms with Crippen molar-refractivity contribution in [1.82, 2.24) is 0 Å². The van der Waals surface area contributed by atoms with Crippen LogP contribution in [0.5, 0.6) is 0 Å². The molecule has 0 saturated carbocycles. The molecule has 14 heavy (non-hydrogen) atoms. The van der Waals surface area contributed by atoms with E-state index in [2.05, 4.69) is 9.47 Å². The fourth-order valence-electron chi connectivity index (χ4n) is 0.654. The van der Waals surface area contributed by atoms with Crippen molar-refractivity contribution in [2.24, 2.45) is 0 Å². The summed E-state index contributed by atoms with van der Waals surface area (Å²) in [6, 6.07) is 0. The predicted molar refractivity (Wildman–Crippen MR) is 37.0 cm³/mol. The highest BCUT2D eigenvalue weighted by atomic mass is 19.4. The van der Waals surface area contributed by atoms with E-state index in [4.69, 9.17) is 0 Å². The van der Waals surface area contributed by atoms with E-state index in [1.54, 1.807) is 0 Å². The summed E-state index contributed by atoms with van der Waals surface area (Å²) in [5, 5.41) is 10.4. The van der Waals surface area contributed by atoms with Gasteiger partial charge in [0.25, 0.3) is 0 Å². The lowest BCUT2D eigenvalue weighted by Gasteiger charge is -2.30. The molecule has 0 aliphatic heterocycles. The second-order valence-corrected chi connectivity index (χ2v) is 2.57. The van der Waals surface area contributed by atoms with Gasteiger partial charge < -0.3 is 19.4 Å². The highest BCUT2D eigenvalue weighted by molar-refractivity contribution is 5.72. The van der Waals surface area contributed by atoms with Crippen LogP contribution in [0.4, 0.5) is 13.2 Å². The molecule has 0 aromatic heterocycles. The van der Waals surface area contributed by atoms with E-state index in [1.807, 2.05) is 0 Å². The van der Waals surface area contributed by atoms with E-state index in [9.17, 15) is 23.1 Å². The van der Waals surface area contributed by atoms with Crippen LogP contribution in [0.25, 0.3) is 0 Å². The maximum Gasteiger partial charge on any atom is 0.411 e. The minimum atomic E-state index is -4.60. The second kappa shape index (κ2) is 4.61. The first-order valence-corrected chi connectivity index (χ1v) is 3.77. The molecule has 0 aliphatic carbocycles. The van der Waals surface area contributed by atoms with Crippen molar-refractivity contribution in [3.05, 3.63) is 0 Å². The van der Waals surface area contributed by atoms with Crippen molar-refractivity contribution in [2.75, 3.05) is 13.2 Å². The van der Waals surface area contributed by atoms with Crippen LogP contribution in [-0.4, -0.2) is 31.1 Å². The Hall–Kier alpha value is -0.820. The molecule has 4 nitrogen and oxygen atoms in total. The number of aliphatic carboxylic acids is 1. The lowest BCUT2D eigenvalue weighted by Crippen LogP contribution is -2.51. The van der Waals surface area contributed by atoms with Crippen molar-refractivity contribution in [3.8, 4) is 0 Å². The molecule has 0 heterocycles. The molecule has 0 amide bonds. The highest BCUT2D eigenvalue weighted by Gasteiger charge is 2.35. The molecule has 0 N–H and O–H groups in total. The van der Waals surface area contributed by atoms with E-state index in [0.29, 0.717) is 0 Å². The number of carboxylic acids is 1. The van der Waals surface area contributed by atoms with Crippen LogP contribution in [-0.2, 0) is 14.3 Å². The molecule has 0 aromatic rings. The molecule has 0 aromatic carbocycles. The van der Waals surface area contributed by atoms with Gasteiger partial charge in [0.2, 0.25) is 5.79 Å². The molecular formula is C7H10F3O4-. The molecule has 84 valence electrons. The zero-order valence-corrected chi connectivity index (χ0v) is 7.68. The number of hydrogen-bond donors (Lipinski definition) is 0. The number of alkyl halides is 3. The fourth-order valence-corrected chi connectivity index (χ4v) is 0.654. The normalized spacial score (nSPS) is 16.4. The summed E-state index contributed by atoms with van der Waals surface area (Å²) in [6.07, 6.45) is -4.60. The summed E-state index contributed by atoms with van der Waals surface area (Å²) in [7, 11) is 0. The molecule has 1 atom stereocenters. The average molecular weight is 215 g/mol. The minimum absolute atomic E-state index is 0.0949. The van der Waals surface area contributed by atoms with E-state index >= 15 is 0 Å². The summed E-state index contributed by atoms with van der Waals surface area (Å²) < 4.78 is 43.7. The van der Waals surface area contributed by atoms with Crippen LogP contribution in [0, 0.1) is 0 Å². The first-order valence-electron chi connectivity index (χ1n) is 3.77. The molecule has 0 radical (unpaired) electrons. The largest absolute Gasteiger partial charge is 0.544 e. The van der Waals surface area contributed by atoms with Gasteiger partial charge >= 0.3 is 6.18 Å². The van der Waals surface area contributed by atoms with E-state index < -0.39 is 24.5 Å². The van der Waals surface area contributed by atoms with Crippen LogP contribution in [0.3, 0.4) is 0 Å². The molecule has 0 rings (SSSR count). The van der Waals surface area contributed by atoms with Crippen molar-refractivity contribution < 1.29 is 32.5 Å². The lowest BCUT2D eigenvalue weighted by molar-refractivity contribution is -0.362. The lowest BCUT2D eigenvalue weighted by atomic mass is 10.3.